The number of aryl methyl sites for hydroxylation is 1. The Morgan fingerprint density at radius 2 is 2.28 bits per heavy atom. The first-order valence-electron chi connectivity index (χ1n) is 5.80. The van der Waals surface area contributed by atoms with Gasteiger partial charge in [0.25, 0.3) is 10.0 Å². The van der Waals surface area contributed by atoms with E-state index in [4.69, 9.17) is 5.73 Å². The maximum Gasteiger partial charge on any atom is 0.259 e. The van der Waals surface area contributed by atoms with Gasteiger partial charge in [-0.25, -0.2) is 18.1 Å². The molecule has 1 aromatic heterocycles. The Kier molecular flexibility index (Phi) is 5.15. The Labute approximate surface area is 113 Å². The van der Waals surface area contributed by atoms with E-state index in [2.05, 4.69) is 9.71 Å². The Balaban J connectivity index is 0.00000162. The number of nitrogens with one attached hydrogen (secondary N) is 1. The summed E-state index contributed by atoms with van der Waals surface area (Å²) in [7, 11) is -3.51. The van der Waals surface area contributed by atoms with Crippen LogP contribution in [0.5, 0.6) is 0 Å². The van der Waals surface area contributed by atoms with Crippen molar-refractivity contribution in [2.75, 3.05) is 6.54 Å². The van der Waals surface area contributed by atoms with Crippen molar-refractivity contribution in [2.24, 2.45) is 11.7 Å². The van der Waals surface area contributed by atoms with Gasteiger partial charge < -0.3 is 10.3 Å². The quantitative estimate of drug-likeness (QED) is 0.792. The lowest BCUT2D eigenvalue weighted by molar-refractivity contribution is 0.545. The lowest BCUT2D eigenvalue weighted by Crippen LogP contribution is -2.38. The molecule has 104 valence electrons. The highest BCUT2D eigenvalue weighted by molar-refractivity contribution is 7.89. The number of sulfonamides is 1. The zero-order chi connectivity index (χ0) is 12.5. The molecule has 0 saturated heterocycles. The summed E-state index contributed by atoms with van der Waals surface area (Å²) >= 11 is 0. The topological polar surface area (TPSA) is 90.0 Å². The number of nitrogens with two attached hydrogens (primary N) is 1. The Morgan fingerprint density at radius 1 is 1.61 bits per heavy atom. The normalized spacial score (nSPS) is 17.2. The average molecular weight is 295 g/mol. The van der Waals surface area contributed by atoms with Crippen LogP contribution in [0.2, 0.25) is 0 Å². The maximum absolute atomic E-state index is 11.9. The lowest BCUT2D eigenvalue weighted by Gasteiger charge is -2.10. The van der Waals surface area contributed by atoms with Gasteiger partial charge in [-0.1, -0.05) is 0 Å². The van der Waals surface area contributed by atoms with Gasteiger partial charge in [-0.15, -0.1) is 12.4 Å². The second-order valence-corrected chi connectivity index (χ2v) is 6.11. The first-order valence-corrected chi connectivity index (χ1v) is 7.28. The molecular formula is C10H19ClN4O2S. The minimum absolute atomic E-state index is 0. The molecule has 0 aliphatic heterocycles. The van der Waals surface area contributed by atoms with Crippen molar-refractivity contribution in [3.8, 4) is 0 Å². The first-order chi connectivity index (χ1) is 8.03. The molecule has 2 rings (SSSR count). The molecule has 0 spiro atoms. The van der Waals surface area contributed by atoms with Gasteiger partial charge in [-0.2, -0.15) is 0 Å². The zero-order valence-electron chi connectivity index (χ0n) is 10.2. The molecule has 1 atom stereocenters. The predicted molar refractivity (Wildman–Crippen MR) is 71.0 cm³/mol. The molecule has 8 heteroatoms. The van der Waals surface area contributed by atoms with E-state index in [1.165, 1.54) is 12.5 Å². The third-order valence-electron chi connectivity index (χ3n) is 2.99. The van der Waals surface area contributed by atoms with Crippen molar-refractivity contribution in [2.45, 2.75) is 37.4 Å². The van der Waals surface area contributed by atoms with Crippen molar-refractivity contribution in [1.82, 2.24) is 14.3 Å². The van der Waals surface area contributed by atoms with E-state index in [-0.39, 0.29) is 30.0 Å². The van der Waals surface area contributed by atoms with Crippen LogP contribution < -0.4 is 10.5 Å². The van der Waals surface area contributed by atoms with Gasteiger partial charge in [0.2, 0.25) is 0 Å². The molecule has 0 radical (unpaired) electrons. The minimum atomic E-state index is -3.51. The molecule has 0 amide bonds. The fourth-order valence-corrected chi connectivity index (χ4v) is 2.64. The fraction of sp³-hybridized carbons (Fsp3) is 0.700. The van der Waals surface area contributed by atoms with E-state index in [0.29, 0.717) is 12.5 Å². The van der Waals surface area contributed by atoms with Crippen LogP contribution in [0.4, 0.5) is 0 Å². The number of imidazole rings is 1. The first kappa shape index (κ1) is 15.4. The zero-order valence-corrected chi connectivity index (χ0v) is 11.9. The number of nitrogens with zero attached hydrogens (tertiary/aromatic N) is 2. The molecular weight excluding hydrogens is 276 g/mol. The van der Waals surface area contributed by atoms with Crippen molar-refractivity contribution >= 4 is 22.4 Å². The smallest absolute Gasteiger partial charge is 0.259 e. The summed E-state index contributed by atoms with van der Waals surface area (Å²) in [5.41, 5.74) is 5.84. The number of hydrogen-bond acceptors (Lipinski definition) is 4. The van der Waals surface area contributed by atoms with Crippen molar-refractivity contribution in [3.63, 3.8) is 0 Å². The summed E-state index contributed by atoms with van der Waals surface area (Å²) in [6.45, 7) is 2.91. The van der Waals surface area contributed by atoms with Crippen LogP contribution in [0.1, 0.15) is 19.8 Å². The Hall–Kier alpha value is -0.630. The predicted octanol–water partition coefficient (Wildman–Crippen LogP) is 0.340. The monoisotopic (exact) mass is 294 g/mol. The number of rotatable bonds is 6. The van der Waals surface area contributed by atoms with Crippen LogP contribution in [0.15, 0.2) is 17.6 Å². The van der Waals surface area contributed by atoms with Crippen molar-refractivity contribution < 1.29 is 8.42 Å². The molecule has 1 aromatic rings. The van der Waals surface area contributed by atoms with E-state index < -0.39 is 10.0 Å². The van der Waals surface area contributed by atoms with E-state index in [9.17, 15) is 8.42 Å². The largest absolute Gasteiger partial charge is 0.336 e. The highest BCUT2D eigenvalue weighted by Gasteiger charge is 2.29. The van der Waals surface area contributed by atoms with Crippen LogP contribution >= 0.6 is 12.4 Å². The second kappa shape index (κ2) is 6.01. The molecule has 18 heavy (non-hydrogen) atoms. The molecule has 0 bridgehead atoms. The standard InChI is InChI=1S/C10H18N4O2S.ClH/c1-2-14-6-10(12-7-14)17(15,16)13-5-9(11)8-3-4-8;/h6-9,13H,2-5,11H2,1H3;1H. The van der Waals surface area contributed by atoms with Crippen molar-refractivity contribution in [1.29, 1.82) is 0 Å². The summed E-state index contributed by atoms with van der Waals surface area (Å²) in [4.78, 5) is 3.87. The van der Waals surface area contributed by atoms with E-state index in [0.717, 1.165) is 12.8 Å². The van der Waals surface area contributed by atoms with Gasteiger partial charge in [0.1, 0.15) is 0 Å². The second-order valence-electron chi connectivity index (χ2n) is 4.40. The Bertz CT molecular complexity index is 484. The van der Waals surface area contributed by atoms with Crippen LogP contribution in [0.25, 0.3) is 0 Å². The highest BCUT2D eigenvalue weighted by atomic mass is 35.5. The molecule has 1 heterocycles. The lowest BCUT2D eigenvalue weighted by atomic mass is 10.2. The molecule has 1 saturated carbocycles. The molecule has 1 fully saturated rings. The van der Waals surface area contributed by atoms with E-state index in [1.807, 2.05) is 6.92 Å². The molecule has 1 aliphatic carbocycles. The van der Waals surface area contributed by atoms with Gasteiger partial charge in [0, 0.05) is 25.3 Å². The fourth-order valence-electron chi connectivity index (χ4n) is 1.62. The summed E-state index contributed by atoms with van der Waals surface area (Å²) in [5, 5.41) is 0.0577. The molecule has 3 N–H and O–H groups in total. The third-order valence-corrected chi connectivity index (χ3v) is 4.29. The summed E-state index contributed by atoms with van der Waals surface area (Å²) in [5.74, 6) is 0.478. The third kappa shape index (κ3) is 3.68. The van der Waals surface area contributed by atoms with Gasteiger partial charge in [0.15, 0.2) is 5.03 Å². The average Bonchev–Trinajstić information content (AvgIpc) is 3.03. The van der Waals surface area contributed by atoms with E-state index in [1.54, 1.807) is 4.57 Å². The van der Waals surface area contributed by atoms with Crippen LogP contribution in [-0.2, 0) is 16.6 Å². The highest BCUT2D eigenvalue weighted by Crippen LogP contribution is 2.31. The molecule has 6 nitrogen and oxygen atoms in total. The van der Waals surface area contributed by atoms with E-state index >= 15 is 0 Å². The van der Waals surface area contributed by atoms with Gasteiger partial charge >= 0.3 is 0 Å². The SMILES string of the molecule is CCn1cnc(S(=O)(=O)NCC(N)C2CC2)c1.Cl. The van der Waals surface area contributed by atoms with Crippen LogP contribution in [0, 0.1) is 5.92 Å². The van der Waals surface area contributed by atoms with Gasteiger partial charge in [0.05, 0.1) is 6.33 Å². The number of halogens is 1. The van der Waals surface area contributed by atoms with Crippen molar-refractivity contribution in [3.05, 3.63) is 12.5 Å². The molecule has 1 unspecified atom stereocenters. The van der Waals surface area contributed by atoms with Gasteiger partial charge in [-0.05, 0) is 25.7 Å². The number of aromatic nitrogens is 2. The summed E-state index contributed by atoms with van der Waals surface area (Å²) in [6, 6.07) is -0.0852. The van der Waals surface area contributed by atoms with Crippen LogP contribution in [-0.4, -0.2) is 30.6 Å². The summed E-state index contributed by atoms with van der Waals surface area (Å²) < 4.78 is 28.0. The van der Waals surface area contributed by atoms with Gasteiger partial charge in [-0.3, -0.25) is 0 Å². The molecule has 1 aliphatic rings. The molecule has 0 aromatic carbocycles. The number of hydrogen-bond donors (Lipinski definition) is 2. The van der Waals surface area contributed by atoms with Crippen LogP contribution in [0.3, 0.4) is 0 Å². The maximum atomic E-state index is 11.9. The summed E-state index contributed by atoms with van der Waals surface area (Å²) in [6.07, 6.45) is 5.24. The minimum Gasteiger partial charge on any atom is -0.336 e. The Morgan fingerprint density at radius 3 is 2.78 bits per heavy atom.